The van der Waals surface area contributed by atoms with E-state index in [0.717, 1.165) is 22.4 Å². The van der Waals surface area contributed by atoms with Crippen LogP contribution in [0.3, 0.4) is 0 Å². The molecule has 1 saturated heterocycles. The zero-order valence-electron chi connectivity index (χ0n) is 19.1. The van der Waals surface area contributed by atoms with E-state index in [1.807, 2.05) is 35.7 Å². The number of rotatable bonds is 8. The lowest BCUT2D eigenvalue weighted by atomic mass is 9.85. The third-order valence-electron chi connectivity index (χ3n) is 6.33. The van der Waals surface area contributed by atoms with E-state index in [-0.39, 0.29) is 5.92 Å². The van der Waals surface area contributed by atoms with Crippen LogP contribution in [0, 0.1) is 0 Å². The molecular formula is C26H30O7S. The zero-order valence-corrected chi connectivity index (χ0v) is 19.9. The SMILES string of the molecule is COc1cc(OC)c([C@@H]2O[C@H](CO)[C@@H](O)[C@H](O)[C@H]2O)cc1C(Cc1ccccc1)c1cccs1. The van der Waals surface area contributed by atoms with Gasteiger partial charge in [-0.15, -0.1) is 11.3 Å². The summed E-state index contributed by atoms with van der Waals surface area (Å²) in [6.45, 7) is -0.501. The average Bonchev–Trinajstić information content (AvgIpc) is 3.41. The molecule has 8 heteroatoms. The quantitative estimate of drug-likeness (QED) is 0.388. The van der Waals surface area contributed by atoms with Gasteiger partial charge in [-0.3, -0.25) is 0 Å². The molecule has 0 bridgehead atoms. The summed E-state index contributed by atoms with van der Waals surface area (Å²) < 4.78 is 17.2. The van der Waals surface area contributed by atoms with E-state index >= 15 is 0 Å². The Morgan fingerprint density at radius 1 is 0.912 bits per heavy atom. The van der Waals surface area contributed by atoms with Crippen molar-refractivity contribution in [3.8, 4) is 11.5 Å². The van der Waals surface area contributed by atoms with Crippen molar-refractivity contribution >= 4 is 11.3 Å². The van der Waals surface area contributed by atoms with Crippen LogP contribution in [0.2, 0.25) is 0 Å². The van der Waals surface area contributed by atoms with Crippen molar-refractivity contribution in [2.24, 2.45) is 0 Å². The first-order chi connectivity index (χ1) is 16.5. The molecule has 4 rings (SSSR count). The standard InChI is InChI=1S/C26H30O7S/c1-31-19-13-20(32-2)18(26-25(30)24(29)23(28)21(14-27)33-26)12-16(19)17(22-9-6-10-34-22)11-15-7-4-3-5-8-15/h3-10,12-13,17,21,23-30H,11,14H2,1-2H3/t17?,21-,23-,24+,25-,26+/m1/s1. The summed E-state index contributed by atoms with van der Waals surface area (Å²) in [5.74, 6) is 0.987. The molecule has 1 unspecified atom stereocenters. The fourth-order valence-electron chi connectivity index (χ4n) is 4.51. The maximum absolute atomic E-state index is 10.8. The number of methoxy groups -OCH3 is 2. The zero-order chi connectivity index (χ0) is 24.2. The number of hydrogen-bond acceptors (Lipinski definition) is 8. The van der Waals surface area contributed by atoms with Crippen molar-refractivity contribution in [2.45, 2.75) is 42.9 Å². The summed E-state index contributed by atoms with van der Waals surface area (Å²) in [5.41, 5.74) is 2.54. The first-order valence-corrected chi connectivity index (χ1v) is 12.0. The third-order valence-corrected chi connectivity index (χ3v) is 7.31. The Morgan fingerprint density at radius 3 is 2.26 bits per heavy atom. The smallest absolute Gasteiger partial charge is 0.128 e. The van der Waals surface area contributed by atoms with Crippen molar-refractivity contribution in [1.82, 2.24) is 0 Å². The van der Waals surface area contributed by atoms with Crippen LogP contribution in [0.4, 0.5) is 0 Å². The van der Waals surface area contributed by atoms with Crippen molar-refractivity contribution in [3.63, 3.8) is 0 Å². The molecule has 6 atom stereocenters. The van der Waals surface area contributed by atoms with Crippen molar-refractivity contribution in [2.75, 3.05) is 20.8 Å². The summed E-state index contributed by atoms with van der Waals surface area (Å²) in [6, 6.07) is 17.9. The van der Waals surface area contributed by atoms with Crippen molar-refractivity contribution in [3.05, 3.63) is 81.5 Å². The monoisotopic (exact) mass is 486 g/mol. The van der Waals surface area contributed by atoms with Crippen LogP contribution in [0.15, 0.2) is 60.0 Å². The summed E-state index contributed by atoms with van der Waals surface area (Å²) in [5, 5.41) is 43.0. The van der Waals surface area contributed by atoms with Gasteiger partial charge in [0.2, 0.25) is 0 Å². The second-order valence-corrected chi connectivity index (χ2v) is 9.32. The second kappa shape index (κ2) is 10.9. The molecular weight excluding hydrogens is 456 g/mol. The molecule has 2 aromatic carbocycles. The predicted octanol–water partition coefficient (Wildman–Crippen LogP) is 2.65. The third kappa shape index (κ3) is 4.84. The maximum Gasteiger partial charge on any atom is 0.128 e. The summed E-state index contributed by atoms with van der Waals surface area (Å²) in [6.07, 6.45) is -5.65. The molecule has 1 aliphatic rings. The van der Waals surface area contributed by atoms with Gasteiger partial charge >= 0.3 is 0 Å². The van der Waals surface area contributed by atoms with Crippen LogP contribution in [-0.2, 0) is 11.2 Å². The Morgan fingerprint density at radius 2 is 1.65 bits per heavy atom. The summed E-state index contributed by atoms with van der Waals surface area (Å²) in [4.78, 5) is 1.15. The molecule has 3 aromatic rings. The van der Waals surface area contributed by atoms with Gasteiger partial charge in [0.05, 0.1) is 20.8 Å². The Labute approximate surface area is 202 Å². The number of aliphatic hydroxyl groups excluding tert-OH is 4. The van der Waals surface area contributed by atoms with Gasteiger partial charge in [-0.25, -0.2) is 0 Å². The fraction of sp³-hybridized carbons (Fsp3) is 0.385. The molecule has 7 nitrogen and oxygen atoms in total. The van der Waals surface area contributed by atoms with E-state index in [1.54, 1.807) is 24.5 Å². The number of hydrogen-bond donors (Lipinski definition) is 4. The molecule has 0 spiro atoms. The molecule has 182 valence electrons. The molecule has 2 heterocycles. The lowest BCUT2D eigenvalue weighted by molar-refractivity contribution is -0.232. The van der Waals surface area contributed by atoms with Crippen LogP contribution in [0.5, 0.6) is 11.5 Å². The van der Waals surface area contributed by atoms with E-state index in [2.05, 4.69) is 18.2 Å². The molecule has 1 fully saturated rings. The van der Waals surface area contributed by atoms with Gasteiger partial charge in [0.1, 0.15) is 42.0 Å². The fourth-order valence-corrected chi connectivity index (χ4v) is 5.35. The highest BCUT2D eigenvalue weighted by atomic mass is 32.1. The lowest BCUT2D eigenvalue weighted by Gasteiger charge is -2.40. The first kappa shape index (κ1) is 24.7. The van der Waals surface area contributed by atoms with E-state index in [9.17, 15) is 20.4 Å². The van der Waals surface area contributed by atoms with E-state index in [0.29, 0.717) is 17.1 Å². The summed E-state index contributed by atoms with van der Waals surface area (Å²) in [7, 11) is 3.10. The molecule has 4 N–H and O–H groups in total. The van der Waals surface area contributed by atoms with Gasteiger partial charge in [-0.05, 0) is 29.5 Å². The first-order valence-electron chi connectivity index (χ1n) is 11.1. The highest BCUT2D eigenvalue weighted by molar-refractivity contribution is 7.10. The van der Waals surface area contributed by atoms with Gasteiger partial charge in [0.25, 0.3) is 0 Å². The predicted molar refractivity (Wildman–Crippen MR) is 129 cm³/mol. The number of aliphatic hydroxyl groups is 4. The largest absolute Gasteiger partial charge is 0.496 e. The molecule has 0 aliphatic carbocycles. The highest BCUT2D eigenvalue weighted by Crippen LogP contribution is 2.44. The second-order valence-electron chi connectivity index (χ2n) is 8.34. The minimum atomic E-state index is -1.48. The van der Waals surface area contributed by atoms with Crippen LogP contribution in [0.25, 0.3) is 0 Å². The van der Waals surface area contributed by atoms with Gasteiger partial charge in [0.15, 0.2) is 0 Å². The molecule has 0 radical (unpaired) electrons. The number of benzene rings is 2. The Bertz CT molecular complexity index is 1050. The van der Waals surface area contributed by atoms with E-state index in [4.69, 9.17) is 14.2 Å². The highest BCUT2D eigenvalue weighted by Gasteiger charge is 2.45. The van der Waals surface area contributed by atoms with Crippen LogP contribution in [0.1, 0.15) is 33.6 Å². The molecule has 0 saturated carbocycles. The average molecular weight is 487 g/mol. The van der Waals surface area contributed by atoms with Gasteiger partial charge < -0.3 is 34.6 Å². The Hall–Kier alpha value is -2.46. The van der Waals surface area contributed by atoms with Gasteiger partial charge in [-0.1, -0.05) is 36.4 Å². The van der Waals surface area contributed by atoms with Crippen molar-refractivity contribution in [1.29, 1.82) is 0 Å². The molecule has 1 aliphatic heterocycles. The Kier molecular flexibility index (Phi) is 7.88. The topological polar surface area (TPSA) is 109 Å². The maximum atomic E-state index is 10.8. The summed E-state index contributed by atoms with van der Waals surface area (Å²) >= 11 is 1.65. The van der Waals surface area contributed by atoms with Crippen molar-refractivity contribution < 1.29 is 34.6 Å². The van der Waals surface area contributed by atoms with Gasteiger partial charge in [0, 0.05) is 28.0 Å². The molecule has 0 amide bonds. The lowest BCUT2D eigenvalue weighted by Crippen LogP contribution is -2.55. The normalized spacial score (nSPS) is 25.6. The van der Waals surface area contributed by atoms with Crippen LogP contribution in [-0.4, -0.2) is 65.7 Å². The van der Waals surface area contributed by atoms with E-state index in [1.165, 1.54) is 7.11 Å². The number of ether oxygens (including phenoxy) is 3. The Balaban J connectivity index is 1.83. The van der Waals surface area contributed by atoms with Crippen LogP contribution < -0.4 is 9.47 Å². The van der Waals surface area contributed by atoms with Crippen LogP contribution >= 0.6 is 11.3 Å². The molecule has 34 heavy (non-hydrogen) atoms. The molecule has 1 aromatic heterocycles. The van der Waals surface area contributed by atoms with E-state index < -0.39 is 37.1 Å². The van der Waals surface area contributed by atoms with Gasteiger partial charge in [-0.2, -0.15) is 0 Å². The minimum Gasteiger partial charge on any atom is -0.496 e. The minimum absolute atomic E-state index is 0.0492. The number of thiophene rings is 1.